The number of imidazole rings is 1. The molecule has 8 heteroatoms. The fraction of sp³-hybridized carbons (Fsp3) is 0.200. The van der Waals surface area contributed by atoms with E-state index in [9.17, 15) is 18.3 Å². The van der Waals surface area contributed by atoms with E-state index in [0.717, 1.165) is 28.8 Å². The van der Waals surface area contributed by atoms with Gasteiger partial charge in [-0.05, 0) is 55.3 Å². The topological polar surface area (TPSA) is 76.0 Å². The molecule has 3 N–H and O–H groups in total. The van der Waals surface area contributed by atoms with Crippen molar-refractivity contribution in [1.29, 1.82) is 5.41 Å². The average molecular weight is 386 g/mol. The van der Waals surface area contributed by atoms with E-state index in [1.807, 2.05) is 26.0 Å². The summed E-state index contributed by atoms with van der Waals surface area (Å²) in [6, 6.07) is 8.54. The molecule has 3 aromatic rings. The Bertz CT molecular complexity index is 1110. The first-order valence-corrected chi connectivity index (χ1v) is 8.58. The zero-order chi connectivity index (χ0) is 20.2. The number of rotatable bonds is 2. The van der Waals surface area contributed by atoms with Gasteiger partial charge in [-0.3, -0.25) is 5.41 Å². The highest BCUT2D eigenvalue weighted by atomic mass is 19.4. The van der Waals surface area contributed by atoms with Crippen molar-refractivity contribution in [3.8, 4) is 0 Å². The molecule has 0 saturated carbocycles. The Labute approximate surface area is 158 Å². The zero-order valence-electron chi connectivity index (χ0n) is 15.1. The van der Waals surface area contributed by atoms with Crippen molar-refractivity contribution in [2.75, 3.05) is 11.4 Å². The van der Waals surface area contributed by atoms with Gasteiger partial charge in [-0.1, -0.05) is 6.07 Å². The summed E-state index contributed by atoms with van der Waals surface area (Å²) in [5, 5.41) is 18.8. The molecule has 2 heterocycles. The number of halogens is 3. The number of aromatic nitrogens is 2. The third-order valence-electron chi connectivity index (χ3n) is 4.92. The van der Waals surface area contributed by atoms with Crippen LogP contribution in [0.4, 0.5) is 18.9 Å². The second-order valence-corrected chi connectivity index (χ2v) is 6.84. The summed E-state index contributed by atoms with van der Waals surface area (Å²) in [5.74, 6) is 0.0937. The smallest absolute Gasteiger partial charge is 0.416 e. The number of fused-ring (bicyclic) bond motifs is 1. The number of benzene rings is 2. The standard InChI is InChI=1S/C20H17F3N4O/c1-10-6-14-15(7-11(10)2)26-19(25-14)17-16(28)9-27(18(17)24)13-5-3-4-12(8-13)20(21,22)23/h3-8,24,28H,9H2,1-2H3,(H,25,26). The summed E-state index contributed by atoms with van der Waals surface area (Å²) in [5.41, 5.74) is 3.17. The Balaban J connectivity index is 1.71. The minimum atomic E-state index is -4.48. The van der Waals surface area contributed by atoms with Crippen molar-refractivity contribution in [3.63, 3.8) is 0 Å². The number of H-pyrrole nitrogens is 1. The van der Waals surface area contributed by atoms with Gasteiger partial charge in [0.1, 0.15) is 17.4 Å². The molecule has 2 aromatic carbocycles. The molecule has 144 valence electrons. The lowest BCUT2D eigenvalue weighted by Gasteiger charge is -2.20. The van der Waals surface area contributed by atoms with Crippen LogP contribution >= 0.6 is 0 Å². The maximum atomic E-state index is 13.0. The number of nitrogens with one attached hydrogen (secondary N) is 2. The Morgan fingerprint density at radius 3 is 2.57 bits per heavy atom. The molecule has 4 rings (SSSR count). The van der Waals surface area contributed by atoms with Crippen molar-refractivity contribution >= 4 is 28.1 Å². The van der Waals surface area contributed by atoms with E-state index in [4.69, 9.17) is 5.41 Å². The van der Waals surface area contributed by atoms with Gasteiger partial charge in [-0.15, -0.1) is 0 Å². The van der Waals surface area contributed by atoms with E-state index >= 15 is 0 Å². The lowest BCUT2D eigenvalue weighted by atomic mass is 10.1. The first kappa shape index (κ1) is 18.1. The SMILES string of the molecule is Cc1cc2nc(C3=C(O)CN(c4cccc(C(F)(F)F)c4)C3=N)[nH]c2cc1C. The van der Waals surface area contributed by atoms with Crippen molar-refractivity contribution in [2.24, 2.45) is 0 Å². The lowest BCUT2D eigenvalue weighted by molar-refractivity contribution is -0.137. The van der Waals surface area contributed by atoms with Gasteiger partial charge in [0.05, 0.1) is 28.7 Å². The molecule has 0 radical (unpaired) electrons. The Kier molecular flexibility index (Phi) is 3.95. The minimum Gasteiger partial charge on any atom is -0.509 e. The second kappa shape index (κ2) is 6.12. The molecule has 0 aliphatic carbocycles. The monoisotopic (exact) mass is 386 g/mol. The molecule has 0 amide bonds. The Morgan fingerprint density at radius 2 is 1.86 bits per heavy atom. The Hall–Kier alpha value is -3.29. The van der Waals surface area contributed by atoms with Crippen molar-refractivity contribution in [1.82, 2.24) is 9.97 Å². The fourth-order valence-corrected chi connectivity index (χ4v) is 3.29. The fourth-order valence-electron chi connectivity index (χ4n) is 3.29. The molecule has 0 unspecified atom stereocenters. The van der Waals surface area contributed by atoms with Crippen LogP contribution in [0.3, 0.4) is 0 Å². The summed E-state index contributed by atoms with van der Waals surface area (Å²) >= 11 is 0. The van der Waals surface area contributed by atoms with E-state index in [-0.39, 0.29) is 29.4 Å². The predicted molar refractivity (Wildman–Crippen MR) is 102 cm³/mol. The summed E-state index contributed by atoms with van der Waals surface area (Å²) in [4.78, 5) is 8.88. The number of aliphatic hydroxyl groups excluding tert-OH is 1. The molecule has 0 atom stereocenters. The molecule has 1 aromatic heterocycles. The van der Waals surface area contributed by atoms with E-state index in [1.54, 1.807) is 0 Å². The average Bonchev–Trinajstić information content (AvgIpc) is 3.14. The molecule has 1 aliphatic rings. The molecular weight excluding hydrogens is 369 g/mol. The van der Waals surface area contributed by atoms with Crippen LogP contribution in [0.25, 0.3) is 16.6 Å². The maximum Gasteiger partial charge on any atom is 0.416 e. The van der Waals surface area contributed by atoms with E-state index in [2.05, 4.69) is 9.97 Å². The number of aryl methyl sites for hydroxylation is 2. The largest absolute Gasteiger partial charge is 0.509 e. The highest BCUT2D eigenvalue weighted by molar-refractivity contribution is 6.30. The van der Waals surface area contributed by atoms with Gasteiger partial charge in [0.25, 0.3) is 0 Å². The number of anilines is 1. The number of aliphatic hydroxyl groups is 1. The summed E-state index contributed by atoms with van der Waals surface area (Å²) in [6.45, 7) is 3.84. The minimum absolute atomic E-state index is 0.0927. The van der Waals surface area contributed by atoms with Gasteiger partial charge in [0.2, 0.25) is 0 Å². The number of hydrogen-bond donors (Lipinski definition) is 3. The quantitative estimate of drug-likeness (QED) is 0.582. The van der Waals surface area contributed by atoms with Crippen LogP contribution in [-0.2, 0) is 6.18 Å². The van der Waals surface area contributed by atoms with Crippen LogP contribution in [0.15, 0.2) is 42.2 Å². The van der Waals surface area contributed by atoms with E-state index in [0.29, 0.717) is 11.3 Å². The molecule has 5 nitrogen and oxygen atoms in total. The first-order valence-electron chi connectivity index (χ1n) is 8.58. The molecule has 0 bridgehead atoms. The van der Waals surface area contributed by atoms with Gasteiger partial charge >= 0.3 is 6.18 Å². The lowest BCUT2D eigenvalue weighted by Crippen LogP contribution is -2.26. The van der Waals surface area contributed by atoms with Crippen molar-refractivity contribution in [3.05, 3.63) is 64.7 Å². The number of hydrogen-bond acceptors (Lipinski definition) is 3. The maximum absolute atomic E-state index is 13.0. The van der Waals surface area contributed by atoms with Crippen LogP contribution in [0.1, 0.15) is 22.5 Å². The highest BCUT2D eigenvalue weighted by Gasteiger charge is 2.34. The van der Waals surface area contributed by atoms with Crippen LogP contribution in [0.5, 0.6) is 0 Å². The molecule has 28 heavy (non-hydrogen) atoms. The number of amidine groups is 1. The van der Waals surface area contributed by atoms with E-state index in [1.165, 1.54) is 17.0 Å². The molecule has 0 fully saturated rings. The normalized spacial score (nSPS) is 15.2. The number of nitrogens with zero attached hydrogens (tertiary/aromatic N) is 2. The molecule has 0 saturated heterocycles. The van der Waals surface area contributed by atoms with E-state index < -0.39 is 11.7 Å². The van der Waals surface area contributed by atoms with Gasteiger partial charge < -0.3 is 15.0 Å². The van der Waals surface area contributed by atoms with Crippen LogP contribution in [0.2, 0.25) is 0 Å². The second-order valence-electron chi connectivity index (χ2n) is 6.84. The van der Waals surface area contributed by atoms with Crippen LogP contribution < -0.4 is 4.90 Å². The Morgan fingerprint density at radius 1 is 1.14 bits per heavy atom. The van der Waals surface area contributed by atoms with Crippen LogP contribution in [-0.4, -0.2) is 27.5 Å². The third kappa shape index (κ3) is 2.90. The molecular formula is C20H17F3N4O. The predicted octanol–water partition coefficient (Wildman–Crippen LogP) is 4.97. The molecule has 1 aliphatic heterocycles. The van der Waals surface area contributed by atoms with Crippen molar-refractivity contribution in [2.45, 2.75) is 20.0 Å². The highest BCUT2D eigenvalue weighted by Crippen LogP contribution is 2.35. The van der Waals surface area contributed by atoms with Crippen LogP contribution in [0, 0.1) is 19.3 Å². The summed E-state index contributed by atoms with van der Waals surface area (Å²) in [6.07, 6.45) is -4.48. The number of alkyl halides is 3. The summed E-state index contributed by atoms with van der Waals surface area (Å²) < 4.78 is 39.0. The molecule has 0 spiro atoms. The van der Waals surface area contributed by atoms with Gasteiger partial charge in [0, 0.05) is 5.69 Å². The van der Waals surface area contributed by atoms with Crippen molar-refractivity contribution < 1.29 is 18.3 Å². The first-order chi connectivity index (χ1) is 13.1. The van der Waals surface area contributed by atoms with Gasteiger partial charge in [0.15, 0.2) is 0 Å². The van der Waals surface area contributed by atoms with Gasteiger partial charge in [-0.25, -0.2) is 4.98 Å². The number of aromatic amines is 1. The third-order valence-corrected chi connectivity index (χ3v) is 4.92. The zero-order valence-corrected chi connectivity index (χ0v) is 15.1. The summed E-state index contributed by atoms with van der Waals surface area (Å²) in [7, 11) is 0. The van der Waals surface area contributed by atoms with Gasteiger partial charge in [-0.2, -0.15) is 13.2 Å².